The van der Waals surface area contributed by atoms with Crippen LogP contribution in [-0.2, 0) is 0 Å². The summed E-state index contributed by atoms with van der Waals surface area (Å²) >= 11 is 0. The van der Waals surface area contributed by atoms with Crippen LogP contribution in [0.1, 0.15) is 10.4 Å². The summed E-state index contributed by atoms with van der Waals surface area (Å²) in [4.78, 5) is 10.1. The third kappa shape index (κ3) is 1.87. The molecule has 10 heavy (non-hydrogen) atoms. The van der Waals surface area contributed by atoms with Crippen LogP contribution in [0.4, 0.5) is 0 Å². The van der Waals surface area contributed by atoms with E-state index >= 15 is 0 Å². The highest BCUT2D eigenvalue weighted by molar-refractivity contribution is 5.85. The second-order valence-corrected chi connectivity index (χ2v) is 1.65. The van der Waals surface area contributed by atoms with Crippen LogP contribution in [0, 0.1) is 0 Å². The Morgan fingerprint density at radius 3 is 2.00 bits per heavy atom. The van der Waals surface area contributed by atoms with Crippen molar-refractivity contribution in [3.63, 3.8) is 0 Å². The molecule has 0 bridgehead atoms. The van der Waals surface area contributed by atoms with Crippen LogP contribution in [-0.4, -0.2) is 11.4 Å². The van der Waals surface area contributed by atoms with Gasteiger partial charge in [0.25, 0.3) is 0 Å². The molecule has 1 aromatic carbocycles. The predicted octanol–water partition coefficient (Wildman–Crippen LogP) is -0.775. The van der Waals surface area contributed by atoms with E-state index in [0.29, 0.717) is 0 Å². The summed E-state index contributed by atoms with van der Waals surface area (Å²) in [6.07, 6.45) is 0. The predicted molar refractivity (Wildman–Crippen MR) is 34.4 cm³/mol. The lowest BCUT2D eigenvalue weighted by Gasteiger charge is -1.97. The average molecular weight is 139 g/mol. The Morgan fingerprint density at radius 2 is 1.70 bits per heavy atom. The first kappa shape index (κ1) is 8.65. The average Bonchev–Trinajstić information content (AvgIpc) is 1.90. The van der Waals surface area contributed by atoms with Crippen molar-refractivity contribution in [1.29, 1.82) is 0 Å². The molecular weight excluding hydrogens is 132 g/mol. The van der Waals surface area contributed by atoms with Crippen LogP contribution in [0.15, 0.2) is 30.3 Å². The van der Waals surface area contributed by atoms with E-state index in [1.807, 2.05) is 0 Å². The SMILES string of the molecule is O.O=C([O-])c1ccccc1. The van der Waals surface area contributed by atoms with Gasteiger partial charge in [-0.15, -0.1) is 0 Å². The largest absolute Gasteiger partial charge is 0.545 e. The minimum atomic E-state index is -1.13. The van der Waals surface area contributed by atoms with Crippen LogP contribution in [0.3, 0.4) is 0 Å². The number of carbonyl (C=O) groups excluding carboxylic acids is 1. The minimum absolute atomic E-state index is 0. The van der Waals surface area contributed by atoms with Gasteiger partial charge in [-0.2, -0.15) is 0 Å². The van der Waals surface area contributed by atoms with Crippen molar-refractivity contribution in [2.24, 2.45) is 0 Å². The number of carbonyl (C=O) groups is 1. The van der Waals surface area contributed by atoms with E-state index in [4.69, 9.17) is 0 Å². The molecule has 0 unspecified atom stereocenters. The highest BCUT2D eigenvalue weighted by atomic mass is 16.4. The molecule has 0 aromatic heterocycles. The summed E-state index contributed by atoms with van der Waals surface area (Å²) in [7, 11) is 0. The second-order valence-electron chi connectivity index (χ2n) is 1.65. The third-order valence-corrected chi connectivity index (χ3v) is 1.01. The Morgan fingerprint density at radius 1 is 1.20 bits per heavy atom. The molecule has 0 atom stereocenters. The van der Waals surface area contributed by atoms with Crippen LogP contribution >= 0.6 is 0 Å². The lowest BCUT2D eigenvalue weighted by atomic mass is 10.2. The van der Waals surface area contributed by atoms with E-state index < -0.39 is 5.97 Å². The molecule has 1 rings (SSSR count). The molecule has 0 radical (unpaired) electrons. The van der Waals surface area contributed by atoms with Gasteiger partial charge in [0.15, 0.2) is 0 Å². The lowest BCUT2D eigenvalue weighted by molar-refractivity contribution is -0.255. The number of hydrogen-bond acceptors (Lipinski definition) is 2. The summed E-state index contributed by atoms with van der Waals surface area (Å²) in [5, 5.41) is 10.1. The molecule has 0 spiro atoms. The van der Waals surface area contributed by atoms with Gasteiger partial charge in [-0.25, -0.2) is 0 Å². The molecule has 0 aliphatic rings. The Balaban J connectivity index is 0.000000810. The van der Waals surface area contributed by atoms with Gasteiger partial charge in [-0.05, 0) is 5.56 Å². The summed E-state index contributed by atoms with van der Waals surface area (Å²) < 4.78 is 0. The Kier molecular flexibility index (Phi) is 3.14. The van der Waals surface area contributed by atoms with Gasteiger partial charge in [-0.3, -0.25) is 0 Å². The zero-order valence-electron chi connectivity index (χ0n) is 5.20. The highest BCUT2D eigenvalue weighted by Crippen LogP contribution is 1.94. The number of aromatic carboxylic acids is 1. The van der Waals surface area contributed by atoms with E-state index in [9.17, 15) is 9.90 Å². The summed E-state index contributed by atoms with van der Waals surface area (Å²) in [6, 6.07) is 8.06. The Hall–Kier alpha value is -1.35. The molecule has 0 aliphatic carbocycles. The molecule has 0 saturated carbocycles. The monoisotopic (exact) mass is 139 g/mol. The first-order valence-corrected chi connectivity index (χ1v) is 2.57. The molecule has 54 valence electrons. The van der Waals surface area contributed by atoms with Crippen LogP contribution < -0.4 is 5.11 Å². The first-order valence-electron chi connectivity index (χ1n) is 2.57. The van der Waals surface area contributed by atoms with Gasteiger partial charge in [0.1, 0.15) is 0 Å². The number of benzene rings is 1. The van der Waals surface area contributed by atoms with Crippen molar-refractivity contribution < 1.29 is 15.4 Å². The molecule has 0 heterocycles. The quantitative estimate of drug-likeness (QED) is 0.512. The fourth-order valence-electron chi connectivity index (χ4n) is 0.574. The molecule has 3 nitrogen and oxygen atoms in total. The smallest absolute Gasteiger partial charge is 0.0715 e. The number of carboxylic acids is 1. The van der Waals surface area contributed by atoms with Gasteiger partial charge in [0.05, 0.1) is 5.97 Å². The van der Waals surface area contributed by atoms with Gasteiger partial charge in [0, 0.05) is 0 Å². The highest BCUT2D eigenvalue weighted by Gasteiger charge is 1.85. The van der Waals surface area contributed by atoms with Crippen LogP contribution in [0.5, 0.6) is 0 Å². The van der Waals surface area contributed by atoms with Crippen LogP contribution in [0.2, 0.25) is 0 Å². The molecule has 0 amide bonds. The van der Waals surface area contributed by atoms with Gasteiger partial charge < -0.3 is 15.4 Å². The van der Waals surface area contributed by atoms with E-state index in [1.165, 1.54) is 12.1 Å². The maximum atomic E-state index is 10.1. The van der Waals surface area contributed by atoms with Crippen molar-refractivity contribution in [3.8, 4) is 0 Å². The summed E-state index contributed by atoms with van der Waals surface area (Å²) in [6.45, 7) is 0. The van der Waals surface area contributed by atoms with E-state index in [0.717, 1.165) is 0 Å². The Bertz CT molecular complexity index is 205. The minimum Gasteiger partial charge on any atom is -0.545 e. The van der Waals surface area contributed by atoms with Crippen molar-refractivity contribution in [2.75, 3.05) is 0 Å². The molecule has 0 fully saturated rings. The molecule has 0 aliphatic heterocycles. The topological polar surface area (TPSA) is 71.6 Å². The Labute approximate surface area is 58.2 Å². The number of rotatable bonds is 1. The number of carboxylic acid groups (broad SMARTS) is 1. The van der Waals surface area contributed by atoms with Crippen molar-refractivity contribution in [3.05, 3.63) is 35.9 Å². The summed E-state index contributed by atoms with van der Waals surface area (Å²) in [5.41, 5.74) is 0.220. The van der Waals surface area contributed by atoms with Crippen molar-refractivity contribution >= 4 is 5.97 Å². The zero-order valence-corrected chi connectivity index (χ0v) is 5.20. The molecule has 2 N–H and O–H groups in total. The van der Waals surface area contributed by atoms with E-state index in [-0.39, 0.29) is 11.0 Å². The molecule has 1 aromatic rings. The third-order valence-electron chi connectivity index (χ3n) is 1.01. The zero-order chi connectivity index (χ0) is 6.69. The van der Waals surface area contributed by atoms with Crippen molar-refractivity contribution in [1.82, 2.24) is 0 Å². The fourth-order valence-corrected chi connectivity index (χ4v) is 0.574. The standard InChI is InChI=1S/C7H6O2.H2O/c8-7(9)6-4-2-1-3-5-6;/h1-5H,(H,8,9);1H2/p-1. The molecule has 3 heteroatoms. The lowest BCUT2D eigenvalue weighted by Crippen LogP contribution is -2.21. The van der Waals surface area contributed by atoms with Gasteiger partial charge in [0.2, 0.25) is 0 Å². The van der Waals surface area contributed by atoms with Gasteiger partial charge in [-0.1, -0.05) is 30.3 Å². The maximum Gasteiger partial charge on any atom is 0.0715 e. The fraction of sp³-hybridized carbons (Fsp3) is 0. The van der Waals surface area contributed by atoms with E-state index in [1.54, 1.807) is 18.2 Å². The first-order chi connectivity index (χ1) is 4.30. The maximum absolute atomic E-state index is 10.1. The second kappa shape index (κ2) is 3.63. The molecule has 0 saturated heterocycles. The summed E-state index contributed by atoms with van der Waals surface area (Å²) in [5.74, 6) is -1.13. The van der Waals surface area contributed by atoms with Crippen LogP contribution in [0.25, 0.3) is 0 Å². The normalized spacial score (nSPS) is 8.00. The van der Waals surface area contributed by atoms with Gasteiger partial charge >= 0.3 is 0 Å². The van der Waals surface area contributed by atoms with Crippen molar-refractivity contribution in [2.45, 2.75) is 0 Å². The molecular formula is C7H7O3-. The van der Waals surface area contributed by atoms with E-state index in [2.05, 4.69) is 0 Å². The number of hydrogen-bond donors (Lipinski definition) is 0.